The summed E-state index contributed by atoms with van der Waals surface area (Å²) in [5.74, 6) is -0.880. The van der Waals surface area contributed by atoms with Crippen LogP contribution in [-0.2, 0) is 20.9 Å². The zero-order chi connectivity index (χ0) is 22.1. The second-order valence-corrected chi connectivity index (χ2v) is 9.79. The van der Waals surface area contributed by atoms with E-state index in [9.17, 15) is 17.6 Å². The molecule has 0 bridgehead atoms. The number of pyridine rings is 1. The molecular formula is C22H28FN3O3S. The highest BCUT2D eigenvalue weighted by molar-refractivity contribution is 7.72. The number of thiol groups is 1. The lowest BCUT2D eigenvalue weighted by Gasteiger charge is -2.18. The first kappa shape index (κ1) is 22.2. The van der Waals surface area contributed by atoms with Crippen molar-refractivity contribution in [1.82, 2.24) is 10.3 Å². The van der Waals surface area contributed by atoms with Crippen molar-refractivity contribution in [2.75, 3.05) is 11.2 Å². The molecule has 6 nitrogen and oxygen atoms in total. The summed E-state index contributed by atoms with van der Waals surface area (Å²) in [4.78, 5) is 17.2. The van der Waals surface area contributed by atoms with E-state index in [0.717, 1.165) is 17.7 Å². The molecule has 0 spiro atoms. The predicted molar refractivity (Wildman–Crippen MR) is 116 cm³/mol. The lowest BCUT2D eigenvalue weighted by Crippen LogP contribution is -2.28. The van der Waals surface area contributed by atoms with Gasteiger partial charge < -0.3 is 10.6 Å². The molecule has 0 radical (unpaired) electrons. The van der Waals surface area contributed by atoms with E-state index in [-0.39, 0.29) is 40.8 Å². The van der Waals surface area contributed by atoms with Crippen LogP contribution in [0, 0.1) is 11.7 Å². The Labute approximate surface area is 178 Å². The van der Waals surface area contributed by atoms with E-state index in [1.54, 1.807) is 13.0 Å². The maximum Gasteiger partial charge on any atom is 0.224 e. The van der Waals surface area contributed by atoms with E-state index >= 15 is 0 Å². The number of anilines is 1. The van der Waals surface area contributed by atoms with Crippen LogP contribution in [0.5, 0.6) is 0 Å². The molecule has 1 aliphatic carbocycles. The number of aromatic nitrogens is 1. The van der Waals surface area contributed by atoms with Crippen molar-refractivity contribution in [2.24, 2.45) is 5.92 Å². The monoisotopic (exact) mass is 433 g/mol. The van der Waals surface area contributed by atoms with Crippen LogP contribution in [0.1, 0.15) is 62.9 Å². The summed E-state index contributed by atoms with van der Waals surface area (Å²) in [6.07, 6.45) is 2.64. The summed E-state index contributed by atoms with van der Waals surface area (Å²) in [7, 11) is -2.64. The molecule has 30 heavy (non-hydrogen) atoms. The Kier molecular flexibility index (Phi) is 6.45. The van der Waals surface area contributed by atoms with Crippen molar-refractivity contribution >= 4 is 22.3 Å². The Balaban J connectivity index is 1.58. The second kappa shape index (κ2) is 8.71. The molecule has 2 unspecified atom stereocenters. The van der Waals surface area contributed by atoms with Crippen LogP contribution in [0.3, 0.4) is 0 Å². The van der Waals surface area contributed by atoms with Crippen molar-refractivity contribution < 1.29 is 17.6 Å². The normalized spacial score (nSPS) is 19.4. The number of carbonyl (C=O) groups excluding carboxylic acids is 1. The standard InChI is InChI=1S/C22H28FN3O3S/c1-13(14-5-7-19(18(23)9-14)25-12-30(28)29)26-21(27)17-10-16(17)15-6-8-20(24-11-15)22(2,3)4/h5-9,11,13,16-17,25,30H,10,12H2,1-4H3,(H,26,27)/t13-,16?,17?/m1/s1. The van der Waals surface area contributed by atoms with Gasteiger partial charge in [-0.1, -0.05) is 32.9 Å². The highest BCUT2D eigenvalue weighted by Gasteiger charge is 2.44. The average molecular weight is 434 g/mol. The molecule has 162 valence electrons. The van der Waals surface area contributed by atoms with Gasteiger partial charge >= 0.3 is 0 Å². The smallest absolute Gasteiger partial charge is 0.224 e. The van der Waals surface area contributed by atoms with Gasteiger partial charge in [0.05, 0.1) is 11.7 Å². The van der Waals surface area contributed by atoms with Crippen molar-refractivity contribution in [2.45, 2.75) is 51.5 Å². The van der Waals surface area contributed by atoms with E-state index in [4.69, 9.17) is 0 Å². The summed E-state index contributed by atoms with van der Waals surface area (Å²) < 4.78 is 35.5. The zero-order valence-corrected chi connectivity index (χ0v) is 18.5. The van der Waals surface area contributed by atoms with Gasteiger partial charge in [-0.3, -0.25) is 9.78 Å². The minimum Gasteiger partial charge on any atom is -0.369 e. The molecule has 1 aromatic carbocycles. The lowest BCUT2D eigenvalue weighted by atomic mass is 9.91. The molecule has 1 aliphatic rings. The van der Waals surface area contributed by atoms with Gasteiger partial charge in [-0.05, 0) is 48.6 Å². The van der Waals surface area contributed by atoms with Crippen molar-refractivity contribution in [1.29, 1.82) is 0 Å². The summed E-state index contributed by atoms with van der Waals surface area (Å²) >= 11 is 0. The van der Waals surface area contributed by atoms with Gasteiger partial charge in [0.25, 0.3) is 0 Å². The molecular weight excluding hydrogens is 405 g/mol. The Morgan fingerprint density at radius 3 is 2.57 bits per heavy atom. The number of rotatable bonds is 7. The largest absolute Gasteiger partial charge is 0.369 e. The van der Waals surface area contributed by atoms with E-state index in [1.807, 2.05) is 18.3 Å². The quantitative estimate of drug-likeness (QED) is 0.582. The maximum atomic E-state index is 14.2. The van der Waals surface area contributed by atoms with Crippen LogP contribution in [0.2, 0.25) is 0 Å². The van der Waals surface area contributed by atoms with Gasteiger partial charge in [-0.2, -0.15) is 0 Å². The second-order valence-electron chi connectivity index (χ2n) is 8.81. The molecule has 3 rings (SSSR count). The van der Waals surface area contributed by atoms with Crippen molar-refractivity contribution in [3.8, 4) is 0 Å². The van der Waals surface area contributed by atoms with Gasteiger partial charge in [0.1, 0.15) is 11.7 Å². The van der Waals surface area contributed by atoms with Crippen LogP contribution >= 0.6 is 0 Å². The Morgan fingerprint density at radius 1 is 1.27 bits per heavy atom. The van der Waals surface area contributed by atoms with Gasteiger partial charge in [-0.15, -0.1) is 0 Å². The first-order valence-electron chi connectivity index (χ1n) is 9.98. The number of amides is 1. The van der Waals surface area contributed by atoms with Crippen LogP contribution in [-0.4, -0.2) is 25.2 Å². The van der Waals surface area contributed by atoms with E-state index in [0.29, 0.717) is 5.56 Å². The first-order valence-corrected chi connectivity index (χ1v) is 11.3. The predicted octanol–water partition coefficient (Wildman–Crippen LogP) is 3.48. The number of carbonyl (C=O) groups is 1. The third kappa shape index (κ3) is 5.36. The molecule has 1 saturated carbocycles. The van der Waals surface area contributed by atoms with E-state index in [1.165, 1.54) is 12.1 Å². The number of nitrogens with zero attached hydrogens (tertiary/aromatic N) is 1. The maximum absolute atomic E-state index is 14.2. The summed E-state index contributed by atoms with van der Waals surface area (Å²) in [5, 5.41) is 5.47. The van der Waals surface area contributed by atoms with Crippen molar-refractivity contribution in [3.05, 3.63) is 59.2 Å². The fourth-order valence-electron chi connectivity index (χ4n) is 3.42. The molecule has 1 amide bonds. The van der Waals surface area contributed by atoms with Crippen LogP contribution in [0.4, 0.5) is 10.1 Å². The fourth-order valence-corrected chi connectivity index (χ4v) is 3.72. The lowest BCUT2D eigenvalue weighted by molar-refractivity contribution is -0.123. The molecule has 1 aromatic heterocycles. The first-order chi connectivity index (χ1) is 14.1. The number of nitrogens with one attached hydrogen (secondary N) is 2. The molecule has 0 saturated heterocycles. The summed E-state index contributed by atoms with van der Waals surface area (Å²) in [5.41, 5.74) is 2.80. The molecule has 8 heteroatoms. The Bertz CT molecular complexity index is 992. The summed E-state index contributed by atoms with van der Waals surface area (Å²) in [6.45, 7) is 8.13. The minimum absolute atomic E-state index is 0.0127. The topological polar surface area (TPSA) is 88.2 Å². The molecule has 0 aliphatic heterocycles. The van der Waals surface area contributed by atoms with Gasteiger partial charge in [0.2, 0.25) is 5.91 Å². The molecule has 2 aromatic rings. The van der Waals surface area contributed by atoms with E-state index < -0.39 is 16.5 Å². The number of benzene rings is 1. The molecule has 2 N–H and O–H groups in total. The number of hydrogen-bond donors (Lipinski definition) is 3. The van der Waals surface area contributed by atoms with Gasteiger partial charge in [0, 0.05) is 23.2 Å². The van der Waals surface area contributed by atoms with Gasteiger partial charge in [-0.25, -0.2) is 12.8 Å². The third-order valence-corrected chi connectivity index (χ3v) is 5.78. The molecule has 1 heterocycles. The van der Waals surface area contributed by atoms with Crippen LogP contribution in [0.15, 0.2) is 36.5 Å². The molecule has 3 atom stereocenters. The van der Waals surface area contributed by atoms with E-state index in [2.05, 4.69) is 36.4 Å². The van der Waals surface area contributed by atoms with Crippen LogP contribution < -0.4 is 10.6 Å². The summed E-state index contributed by atoms with van der Waals surface area (Å²) in [6, 6.07) is 8.17. The highest BCUT2D eigenvalue weighted by atomic mass is 32.2. The minimum atomic E-state index is -2.64. The van der Waals surface area contributed by atoms with Crippen molar-refractivity contribution in [3.63, 3.8) is 0 Å². The average Bonchev–Trinajstić information content (AvgIpc) is 3.47. The highest BCUT2D eigenvalue weighted by Crippen LogP contribution is 2.47. The molecule has 1 fully saturated rings. The number of hydrogen-bond acceptors (Lipinski definition) is 5. The third-order valence-electron chi connectivity index (χ3n) is 5.36. The Hall–Kier alpha value is -2.48. The zero-order valence-electron chi connectivity index (χ0n) is 17.6. The SMILES string of the molecule is C[C@@H](NC(=O)C1CC1c1ccc(C(C)(C)C)nc1)c1ccc(NC[SH](=O)=O)c(F)c1. The Morgan fingerprint density at radius 2 is 2.00 bits per heavy atom. The number of halogens is 1. The van der Waals surface area contributed by atoms with Gasteiger partial charge in [0.15, 0.2) is 10.7 Å². The fraction of sp³-hybridized carbons (Fsp3) is 0.455. The van der Waals surface area contributed by atoms with Crippen LogP contribution in [0.25, 0.3) is 0 Å².